The normalized spacial score (nSPS) is 16.7. The van der Waals surface area contributed by atoms with Gasteiger partial charge in [0, 0.05) is 18.7 Å². The number of carbonyl (C=O) groups excluding carboxylic acids is 1. The summed E-state index contributed by atoms with van der Waals surface area (Å²) in [7, 11) is 4.63. The average molecular weight is 359 g/mol. The zero-order valence-corrected chi connectivity index (χ0v) is 15.3. The molecule has 0 spiro atoms. The Morgan fingerprint density at radius 1 is 1.17 bits per heavy atom. The highest BCUT2D eigenvalue weighted by molar-refractivity contribution is 5.97. The number of amides is 1. The van der Waals surface area contributed by atoms with Gasteiger partial charge in [0.2, 0.25) is 0 Å². The molecule has 0 bridgehead atoms. The Kier molecular flexibility index (Phi) is 8.71. The zero-order valence-electron chi connectivity index (χ0n) is 14.5. The van der Waals surface area contributed by atoms with Crippen LogP contribution in [0.15, 0.2) is 12.1 Å². The van der Waals surface area contributed by atoms with Crippen LogP contribution < -0.4 is 24.8 Å². The lowest BCUT2D eigenvalue weighted by atomic mass is 9.96. The number of hydrogen-bond donors (Lipinski definition) is 2. The lowest BCUT2D eigenvalue weighted by molar-refractivity contribution is 0.0947. The summed E-state index contributed by atoms with van der Waals surface area (Å²) in [4.78, 5) is 12.4. The molecule has 0 aliphatic carbocycles. The van der Waals surface area contributed by atoms with Gasteiger partial charge in [-0.1, -0.05) is 0 Å². The molecule has 1 atom stereocenters. The van der Waals surface area contributed by atoms with Crippen molar-refractivity contribution < 1.29 is 19.0 Å². The van der Waals surface area contributed by atoms with Crippen LogP contribution in [0.4, 0.5) is 0 Å². The lowest BCUT2D eigenvalue weighted by Gasteiger charge is -2.22. The molecule has 7 heteroatoms. The van der Waals surface area contributed by atoms with E-state index in [1.54, 1.807) is 26.4 Å². The first-order valence-electron chi connectivity index (χ1n) is 7.98. The maximum Gasteiger partial charge on any atom is 0.255 e. The van der Waals surface area contributed by atoms with E-state index in [0.717, 1.165) is 19.5 Å². The fourth-order valence-electron chi connectivity index (χ4n) is 2.86. The van der Waals surface area contributed by atoms with Crippen molar-refractivity contribution in [3.63, 3.8) is 0 Å². The number of halogens is 1. The highest BCUT2D eigenvalue weighted by Gasteiger charge is 2.18. The Morgan fingerprint density at radius 2 is 1.83 bits per heavy atom. The number of piperidine rings is 1. The van der Waals surface area contributed by atoms with E-state index < -0.39 is 0 Å². The third-order valence-electron chi connectivity index (χ3n) is 4.19. The predicted molar refractivity (Wildman–Crippen MR) is 95.9 cm³/mol. The minimum atomic E-state index is -0.161. The molecule has 1 aromatic rings. The minimum Gasteiger partial charge on any atom is -0.496 e. The van der Waals surface area contributed by atoms with E-state index >= 15 is 0 Å². The van der Waals surface area contributed by atoms with Crippen LogP contribution in [-0.2, 0) is 0 Å². The van der Waals surface area contributed by atoms with Gasteiger partial charge in [-0.25, -0.2) is 0 Å². The summed E-state index contributed by atoms with van der Waals surface area (Å²) >= 11 is 0. The van der Waals surface area contributed by atoms with Gasteiger partial charge in [0.15, 0.2) is 11.5 Å². The van der Waals surface area contributed by atoms with E-state index in [1.165, 1.54) is 20.0 Å². The van der Waals surface area contributed by atoms with Crippen molar-refractivity contribution in [1.82, 2.24) is 10.6 Å². The van der Waals surface area contributed by atoms with Gasteiger partial charge in [0.25, 0.3) is 5.91 Å². The van der Waals surface area contributed by atoms with Crippen molar-refractivity contribution in [2.24, 2.45) is 5.92 Å². The van der Waals surface area contributed by atoms with Crippen molar-refractivity contribution in [1.29, 1.82) is 0 Å². The summed E-state index contributed by atoms with van der Waals surface area (Å²) in [5.41, 5.74) is 0.451. The van der Waals surface area contributed by atoms with E-state index in [2.05, 4.69) is 10.6 Å². The number of nitrogens with one attached hydrogen (secondary N) is 2. The Balaban J connectivity index is 0.00000288. The van der Waals surface area contributed by atoms with Crippen LogP contribution in [0.5, 0.6) is 17.2 Å². The van der Waals surface area contributed by atoms with Crippen LogP contribution >= 0.6 is 12.4 Å². The molecule has 1 saturated heterocycles. The van der Waals surface area contributed by atoms with Crippen LogP contribution in [0.2, 0.25) is 0 Å². The van der Waals surface area contributed by atoms with Gasteiger partial charge in [0.1, 0.15) is 5.75 Å². The van der Waals surface area contributed by atoms with E-state index in [-0.39, 0.29) is 18.3 Å². The van der Waals surface area contributed by atoms with Crippen molar-refractivity contribution in [2.75, 3.05) is 41.0 Å². The monoisotopic (exact) mass is 358 g/mol. The third-order valence-corrected chi connectivity index (χ3v) is 4.19. The van der Waals surface area contributed by atoms with Crippen molar-refractivity contribution in [3.05, 3.63) is 17.7 Å². The standard InChI is InChI=1S/C17H26N2O4.ClH/c1-21-14-10-16(23-3)15(22-2)9-13(14)17(20)19-8-6-12-5-4-7-18-11-12;/h9-10,12,18H,4-8,11H2,1-3H3,(H,19,20);1H. The Morgan fingerprint density at radius 3 is 2.42 bits per heavy atom. The van der Waals surface area contributed by atoms with Crippen LogP contribution in [0, 0.1) is 5.92 Å². The van der Waals surface area contributed by atoms with Crippen molar-refractivity contribution >= 4 is 18.3 Å². The number of rotatable bonds is 7. The molecule has 0 aromatic heterocycles. The molecule has 0 saturated carbocycles. The molecule has 1 heterocycles. The van der Waals surface area contributed by atoms with Gasteiger partial charge < -0.3 is 24.8 Å². The van der Waals surface area contributed by atoms with Crippen LogP contribution in [-0.4, -0.2) is 46.9 Å². The summed E-state index contributed by atoms with van der Waals surface area (Å²) in [6, 6.07) is 3.31. The van der Waals surface area contributed by atoms with E-state index in [4.69, 9.17) is 14.2 Å². The largest absolute Gasteiger partial charge is 0.496 e. The number of benzene rings is 1. The van der Waals surface area contributed by atoms with Gasteiger partial charge in [-0.05, 0) is 38.3 Å². The summed E-state index contributed by atoms with van der Waals surface area (Å²) in [6.45, 7) is 2.80. The van der Waals surface area contributed by atoms with Crippen LogP contribution in [0.3, 0.4) is 0 Å². The Bertz CT molecular complexity index is 534. The molecule has 2 rings (SSSR count). The second kappa shape index (κ2) is 10.3. The van der Waals surface area contributed by atoms with Crippen molar-refractivity contribution in [2.45, 2.75) is 19.3 Å². The second-order valence-corrected chi connectivity index (χ2v) is 5.66. The van der Waals surface area contributed by atoms with Crippen LogP contribution in [0.1, 0.15) is 29.6 Å². The minimum absolute atomic E-state index is 0. The molecular weight excluding hydrogens is 332 g/mol. The van der Waals surface area contributed by atoms with Gasteiger partial charge in [-0.15, -0.1) is 12.4 Å². The Labute approximate surface area is 149 Å². The topological polar surface area (TPSA) is 68.8 Å². The molecule has 2 N–H and O–H groups in total. The molecule has 136 valence electrons. The first-order valence-corrected chi connectivity index (χ1v) is 7.98. The summed E-state index contributed by atoms with van der Waals surface area (Å²) in [5, 5.41) is 6.35. The number of ether oxygens (including phenoxy) is 3. The summed E-state index contributed by atoms with van der Waals surface area (Å²) < 4.78 is 15.8. The number of methoxy groups -OCH3 is 3. The second-order valence-electron chi connectivity index (χ2n) is 5.66. The zero-order chi connectivity index (χ0) is 16.7. The van der Waals surface area contributed by atoms with Gasteiger partial charge in [0.05, 0.1) is 26.9 Å². The first kappa shape index (κ1) is 20.4. The van der Waals surface area contributed by atoms with Gasteiger partial charge in [-0.3, -0.25) is 4.79 Å². The molecule has 24 heavy (non-hydrogen) atoms. The van der Waals surface area contributed by atoms with Gasteiger partial charge in [-0.2, -0.15) is 0 Å². The molecule has 1 amide bonds. The molecule has 1 aliphatic rings. The third kappa shape index (κ3) is 5.18. The molecule has 1 unspecified atom stereocenters. The van der Waals surface area contributed by atoms with Crippen LogP contribution in [0.25, 0.3) is 0 Å². The smallest absolute Gasteiger partial charge is 0.255 e. The van der Waals surface area contributed by atoms with E-state index in [1.807, 2.05) is 0 Å². The predicted octanol–water partition coefficient (Wildman–Crippen LogP) is 2.25. The molecule has 0 radical (unpaired) electrons. The summed E-state index contributed by atoms with van der Waals surface area (Å²) in [6.07, 6.45) is 3.42. The molecule has 1 fully saturated rings. The first-order chi connectivity index (χ1) is 11.2. The highest BCUT2D eigenvalue weighted by Crippen LogP contribution is 2.34. The maximum atomic E-state index is 12.4. The average Bonchev–Trinajstić information content (AvgIpc) is 2.61. The molecule has 6 nitrogen and oxygen atoms in total. The molecular formula is C17H27ClN2O4. The fourth-order valence-corrected chi connectivity index (χ4v) is 2.86. The molecule has 1 aliphatic heterocycles. The number of carbonyl (C=O) groups is 1. The molecule has 1 aromatic carbocycles. The van der Waals surface area contributed by atoms with E-state index in [9.17, 15) is 4.79 Å². The highest BCUT2D eigenvalue weighted by atomic mass is 35.5. The summed E-state index contributed by atoms with van der Waals surface area (Å²) in [5.74, 6) is 1.99. The van der Waals surface area contributed by atoms with E-state index in [0.29, 0.717) is 35.3 Å². The SMILES string of the molecule is COc1cc(OC)c(C(=O)NCCC2CCCNC2)cc1OC.Cl. The van der Waals surface area contributed by atoms with Gasteiger partial charge >= 0.3 is 0 Å². The lowest BCUT2D eigenvalue weighted by Crippen LogP contribution is -2.33. The fraction of sp³-hybridized carbons (Fsp3) is 0.588. The number of hydrogen-bond acceptors (Lipinski definition) is 5. The maximum absolute atomic E-state index is 12.4. The van der Waals surface area contributed by atoms with Crippen molar-refractivity contribution in [3.8, 4) is 17.2 Å². The Hall–Kier alpha value is -1.66. The quantitative estimate of drug-likeness (QED) is 0.782.